The molecule has 3 atom stereocenters. The van der Waals surface area contributed by atoms with Gasteiger partial charge in [-0.2, -0.15) is 0 Å². The van der Waals surface area contributed by atoms with Gasteiger partial charge in [0, 0.05) is 12.3 Å². The first kappa shape index (κ1) is 33.1. The number of carbonyl (C=O) groups excluding carboxylic acids is 3. The third kappa shape index (κ3) is 12.1. The van der Waals surface area contributed by atoms with E-state index in [0.717, 1.165) is 0 Å². The molecule has 38 heavy (non-hydrogen) atoms. The maximum Gasteiger partial charge on any atom is 0.321 e. The lowest BCUT2D eigenvalue weighted by Crippen LogP contribution is -2.40. The number of esters is 3. The van der Waals surface area contributed by atoms with Crippen molar-refractivity contribution in [3.8, 4) is 11.5 Å². The number of carbonyl (C=O) groups is 4. The Morgan fingerprint density at radius 1 is 0.842 bits per heavy atom. The monoisotopic (exact) mass is 535 g/mol. The molecule has 0 fully saturated rings. The molecule has 0 heterocycles. The Labute approximate surface area is 226 Å². The Morgan fingerprint density at radius 3 is 1.79 bits per heavy atom. The Morgan fingerprint density at radius 2 is 1.34 bits per heavy atom. The number of nitrogens with two attached hydrogens (primary N) is 1. The molecular weight excluding hydrogens is 490 g/mol. The lowest BCUT2D eigenvalue weighted by molar-refractivity contribution is -0.146. The molecule has 0 bridgehead atoms. The fourth-order valence-corrected chi connectivity index (χ4v) is 3.84. The van der Waals surface area contributed by atoms with Gasteiger partial charge in [0.2, 0.25) is 0 Å². The third-order valence-corrected chi connectivity index (χ3v) is 5.52. The topological polar surface area (TPSA) is 142 Å². The van der Waals surface area contributed by atoms with Gasteiger partial charge in [0.1, 0.15) is 6.04 Å². The van der Waals surface area contributed by atoms with Gasteiger partial charge in [-0.25, -0.2) is 0 Å². The average Bonchev–Trinajstić information content (AvgIpc) is 2.70. The molecule has 2 unspecified atom stereocenters. The molecule has 0 saturated heterocycles. The Balaban J connectivity index is 3.40. The third-order valence-electron chi connectivity index (χ3n) is 5.52. The minimum Gasteiger partial charge on any atom is -0.480 e. The zero-order valence-corrected chi connectivity index (χ0v) is 24.3. The molecule has 1 rings (SSSR count). The number of ether oxygens (including phenoxy) is 3. The van der Waals surface area contributed by atoms with Gasteiger partial charge in [-0.15, -0.1) is 0 Å². The summed E-state index contributed by atoms with van der Waals surface area (Å²) in [5.74, 6) is -3.76. The zero-order chi connectivity index (χ0) is 29.4. The maximum atomic E-state index is 12.7. The summed E-state index contributed by atoms with van der Waals surface area (Å²) in [6, 6.07) is 3.19. The van der Waals surface area contributed by atoms with Gasteiger partial charge in [-0.3, -0.25) is 19.2 Å². The highest BCUT2D eigenvalue weighted by Gasteiger charge is 2.33. The number of hydrogen-bond donors (Lipinski definition) is 2. The summed E-state index contributed by atoms with van der Waals surface area (Å²) in [6.07, 6.45) is 0.479. The fourth-order valence-electron chi connectivity index (χ4n) is 3.84. The van der Waals surface area contributed by atoms with E-state index in [1.165, 1.54) is 12.1 Å². The van der Waals surface area contributed by atoms with Crippen LogP contribution in [0.25, 0.3) is 0 Å². The van der Waals surface area contributed by atoms with Crippen molar-refractivity contribution in [2.45, 2.75) is 93.5 Å². The van der Waals surface area contributed by atoms with Gasteiger partial charge in [-0.05, 0) is 40.4 Å². The molecular formula is C29H45NO8. The summed E-state index contributed by atoms with van der Waals surface area (Å²) in [6.45, 7) is 16.8. The largest absolute Gasteiger partial charge is 0.480 e. The molecule has 0 radical (unpaired) electrons. The summed E-state index contributed by atoms with van der Waals surface area (Å²) in [5.41, 5.74) is 5.85. The highest BCUT2D eigenvalue weighted by Crippen LogP contribution is 2.37. The van der Waals surface area contributed by atoms with Crippen molar-refractivity contribution in [2.24, 2.45) is 28.4 Å². The van der Waals surface area contributed by atoms with Crippen LogP contribution in [0.3, 0.4) is 0 Å². The first-order chi connectivity index (χ1) is 17.3. The first-order valence-corrected chi connectivity index (χ1v) is 13.0. The molecule has 9 nitrogen and oxygen atoms in total. The van der Waals surface area contributed by atoms with Crippen LogP contribution in [0, 0.1) is 22.7 Å². The van der Waals surface area contributed by atoms with E-state index in [2.05, 4.69) is 0 Å². The van der Waals surface area contributed by atoms with Gasteiger partial charge in [0.05, 0.1) is 19.4 Å². The van der Waals surface area contributed by atoms with E-state index >= 15 is 0 Å². The number of benzene rings is 1. The van der Waals surface area contributed by atoms with Crippen molar-refractivity contribution in [1.29, 1.82) is 0 Å². The van der Waals surface area contributed by atoms with Crippen molar-refractivity contribution < 1.29 is 38.5 Å². The summed E-state index contributed by atoms with van der Waals surface area (Å²) in [7, 11) is 0. The highest BCUT2D eigenvalue weighted by molar-refractivity contribution is 5.78. The minimum atomic E-state index is -1.33. The molecule has 0 aromatic heterocycles. The van der Waals surface area contributed by atoms with Crippen LogP contribution in [0.1, 0.15) is 93.1 Å². The predicted molar refractivity (Wildman–Crippen MR) is 144 cm³/mol. The SMILES string of the molecule is CC(C)CC(=O)OCC(C)C(c1ccc(OC(=O)CC(C)(C)C)c(OC(=O)CC(C)(C)C)c1)[C@H](N)C(=O)O. The van der Waals surface area contributed by atoms with E-state index in [9.17, 15) is 24.3 Å². The summed E-state index contributed by atoms with van der Waals surface area (Å²) < 4.78 is 16.5. The lowest BCUT2D eigenvalue weighted by atomic mass is 9.82. The van der Waals surface area contributed by atoms with E-state index in [1.54, 1.807) is 13.0 Å². The minimum absolute atomic E-state index is 0.00870. The molecule has 0 aliphatic rings. The molecule has 3 N–H and O–H groups in total. The predicted octanol–water partition coefficient (Wildman–Crippen LogP) is 5.09. The normalized spacial score (nSPS) is 14.4. The lowest BCUT2D eigenvalue weighted by Gasteiger charge is -2.28. The van der Waals surface area contributed by atoms with Crippen molar-refractivity contribution in [3.63, 3.8) is 0 Å². The summed E-state index contributed by atoms with van der Waals surface area (Å²) >= 11 is 0. The molecule has 214 valence electrons. The zero-order valence-electron chi connectivity index (χ0n) is 24.3. The molecule has 1 aromatic carbocycles. The van der Waals surface area contributed by atoms with Crippen LogP contribution in [0.2, 0.25) is 0 Å². The van der Waals surface area contributed by atoms with E-state index in [1.807, 2.05) is 55.4 Å². The van der Waals surface area contributed by atoms with Crippen LogP contribution in [0.4, 0.5) is 0 Å². The summed E-state index contributed by atoms with van der Waals surface area (Å²) in [5, 5.41) is 9.70. The van der Waals surface area contributed by atoms with Crippen molar-refractivity contribution in [2.75, 3.05) is 6.61 Å². The van der Waals surface area contributed by atoms with Crippen molar-refractivity contribution in [3.05, 3.63) is 23.8 Å². The van der Waals surface area contributed by atoms with Crippen LogP contribution in [-0.2, 0) is 23.9 Å². The summed E-state index contributed by atoms with van der Waals surface area (Å²) in [4.78, 5) is 49.2. The van der Waals surface area contributed by atoms with Crippen molar-refractivity contribution in [1.82, 2.24) is 0 Å². The second kappa shape index (κ2) is 13.7. The van der Waals surface area contributed by atoms with E-state index in [0.29, 0.717) is 5.56 Å². The van der Waals surface area contributed by atoms with Crippen LogP contribution >= 0.6 is 0 Å². The number of hydrogen-bond acceptors (Lipinski definition) is 8. The van der Waals surface area contributed by atoms with Crippen LogP contribution in [0.5, 0.6) is 11.5 Å². The van der Waals surface area contributed by atoms with Crippen LogP contribution < -0.4 is 15.2 Å². The van der Waals surface area contributed by atoms with Crippen LogP contribution in [0.15, 0.2) is 18.2 Å². The quantitative estimate of drug-likeness (QED) is 0.276. The van der Waals surface area contributed by atoms with E-state index < -0.39 is 35.8 Å². The fraction of sp³-hybridized carbons (Fsp3) is 0.655. The second-order valence-corrected chi connectivity index (χ2v) is 12.8. The van der Waals surface area contributed by atoms with E-state index in [-0.39, 0.29) is 60.1 Å². The van der Waals surface area contributed by atoms with Gasteiger partial charge in [0.15, 0.2) is 11.5 Å². The highest BCUT2D eigenvalue weighted by atomic mass is 16.6. The Hall–Kier alpha value is -2.94. The van der Waals surface area contributed by atoms with E-state index in [4.69, 9.17) is 19.9 Å². The molecule has 1 aromatic rings. The standard InChI is InChI=1S/C29H45NO8/c1-17(2)12-22(31)36-16-18(3)25(26(30)27(34)35)19-10-11-20(37-23(32)14-28(4,5)6)21(13-19)38-24(33)15-29(7,8)9/h10-11,13,17-18,25-26H,12,14-16,30H2,1-9H3,(H,34,35)/t18?,25?,26-/m0/s1. The maximum absolute atomic E-state index is 12.7. The first-order valence-electron chi connectivity index (χ1n) is 13.0. The second-order valence-electron chi connectivity index (χ2n) is 12.8. The molecule has 0 spiro atoms. The van der Waals surface area contributed by atoms with Gasteiger partial charge >= 0.3 is 23.9 Å². The van der Waals surface area contributed by atoms with Crippen LogP contribution in [-0.4, -0.2) is 41.6 Å². The van der Waals surface area contributed by atoms with Gasteiger partial charge < -0.3 is 25.1 Å². The molecule has 0 amide bonds. The molecule has 0 saturated carbocycles. The van der Waals surface area contributed by atoms with Crippen molar-refractivity contribution >= 4 is 23.9 Å². The molecule has 0 aliphatic carbocycles. The number of carboxylic acid groups (broad SMARTS) is 1. The Kier molecular flexibility index (Phi) is 12.0. The molecule has 9 heteroatoms. The average molecular weight is 536 g/mol. The smallest absolute Gasteiger partial charge is 0.321 e. The Bertz CT molecular complexity index is 987. The number of aliphatic carboxylic acids is 1. The van der Waals surface area contributed by atoms with Gasteiger partial charge in [-0.1, -0.05) is 68.4 Å². The number of rotatable bonds is 12. The molecule has 0 aliphatic heterocycles. The number of carboxylic acids is 1. The van der Waals surface area contributed by atoms with Gasteiger partial charge in [0.25, 0.3) is 0 Å².